The van der Waals surface area contributed by atoms with Crippen LogP contribution in [0.4, 0.5) is 13.2 Å². The lowest BCUT2D eigenvalue weighted by molar-refractivity contribution is -0.145. The molecule has 1 amide bonds. The molecule has 0 aliphatic carbocycles. The average Bonchev–Trinajstić information content (AvgIpc) is 3.10. The van der Waals surface area contributed by atoms with E-state index >= 15 is 0 Å². The zero-order valence-corrected chi connectivity index (χ0v) is 14.1. The first-order valence-corrected chi connectivity index (χ1v) is 8.77. The molecule has 25 heavy (non-hydrogen) atoms. The Bertz CT molecular complexity index is 714. The zero-order chi connectivity index (χ0) is 17.9. The standard InChI is InChI=1S/C16H17F3N4OS/c17-16(18,19)10-23(11-4-7-20-8-5-11)15(24)13-9-25-14(22-13)12-3-1-2-6-21-12/h1-3,6,9,11,20H,4-5,7-8,10H2. The van der Waals surface area contributed by atoms with Crippen LogP contribution in [0.1, 0.15) is 23.3 Å². The number of nitrogens with one attached hydrogen (secondary N) is 1. The molecule has 3 heterocycles. The summed E-state index contributed by atoms with van der Waals surface area (Å²) in [5.74, 6) is -0.678. The lowest BCUT2D eigenvalue weighted by Gasteiger charge is -2.34. The van der Waals surface area contributed by atoms with Crippen LogP contribution in [0.15, 0.2) is 29.8 Å². The molecule has 0 saturated carbocycles. The fourth-order valence-electron chi connectivity index (χ4n) is 2.80. The molecular formula is C16H17F3N4OS. The molecule has 1 fully saturated rings. The van der Waals surface area contributed by atoms with Crippen LogP contribution in [0.25, 0.3) is 10.7 Å². The highest BCUT2D eigenvalue weighted by Gasteiger charge is 2.37. The first-order valence-electron chi connectivity index (χ1n) is 7.89. The van der Waals surface area contributed by atoms with Crippen LogP contribution < -0.4 is 5.32 Å². The minimum Gasteiger partial charge on any atom is -0.325 e. The van der Waals surface area contributed by atoms with Gasteiger partial charge < -0.3 is 10.2 Å². The zero-order valence-electron chi connectivity index (χ0n) is 13.3. The van der Waals surface area contributed by atoms with Crippen molar-refractivity contribution in [2.75, 3.05) is 19.6 Å². The van der Waals surface area contributed by atoms with Crippen molar-refractivity contribution in [3.8, 4) is 10.7 Å². The van der Waals surface area contributed by atoms with Gasteiger partial charge in [0.2, 0.25) is 0 Å². The van der Waals surface area contributed by atoms with Crippen LogP contribution in [-0.2, 0) is 0 Å². The van der Waals surface area contributed by atoms with Crippen LogP contribution in [0.5, 0.6) is 0 Å². The van der Waals surface area contributed by atoms with Gasteiger partial charge in [0.05, 0.1) is 5.69 Å². The molecule has 0 aromatic carbocycles. The van der Waals surface area contributed by atoms with Crippen molar-refractivity contribution < 1.29 is 18.0 Å². The summed E-state index contributed by atoms with van der Waals surface area (Å²) in [5, 5.41) is 5.11. The van der Waals surface area contributed by atoms with Gasteiger partial charge in [0.1, 0.15) is 17.2 Å². The molecule has 0 unspecified atom stereocenters. The molecule has 0 radical (unpaired) electrons. The van der Waals surface area contributed by atoms with Gasteiger partial charge >= 0.3 is 6.18 Å². The third-order valence-corrected chi connectivity index (χ3v) is 4.83. The first-order chi connectivity index (χ1) is 11.9. The number of thiazole rings is 1. The average molecular weight is 370 g/mol. The monoisotopic (exact) mass is 370 g/mol. The molecule has 1 aliphatic heterocycles. The summed E-state index contributed by atoms with van der Waals surface area (Å²) < 4.78 is 38.9. The summed E-state index contributed by atoms with van der Waals surface area (Å²) in [6.45, 7) is -0.0575. The molecule has 3 rings (SSSR count). The van der Waals surface area contributed by atoms with Crippen LogP contribution in [0.3, 0.4) is 0 Å². The number of piperidine rings is 1. The number of nitrogens with zero attached hydrogens (tertiary/aromatic N) is 3. The Kier molecular flexibility index (Phi) is 5.33. The number of hydrogen-bond donors (Lipinski definition) is 1. The highest BCUT2D eigenvalue weighted by molar-refractivity contribution is 7.13. The van der Waals surface area contributed by atoms with E-state index < -0.39 is 24.7 Å². The lowest BCUT2D eigenvalue weighted by Crippen LogP contribution is -2.49. The fourth-order valence-corrected chi connectivity index (χ4v) is 3.57. The van der Waals surface area contributed by atoms with E-state index in [0.29, 0.717) is 36.6 Å². The van der Waals surface area contributed by atoms with Crippen molar-refractivity contribution in [1.29, 1.82) is 0 Å². The largest absolute Gasteiger partial charge is 0.406 e. The number of hydrogen-bond acceptors (Lipinski definition) is 5. The van der Waals surface area contributed by atoms with E-state index in [1.165, 1.54) is 16.7 Å². The number of carbonyl (C=O) groups is 1. The quantitative estimate of drug-likeness (QED) is 0.899. The second-order valence-corrected chi connectivity index (χ2v) is 6.64. The van der Waals surface area contributed by atoms with E-state index in [2.05, 4.69) is 15.3 Å². The molecular weight excluding hydrogens is 353 g/mol. The smallest absolute Gasteiger partial charge is 0.325 e. The van der Waals surface area contributed by atoms with E-state index in [-0.39, 0.29) is 5.69 Å². The predicted molar refractivity (Wildman–Crippen MR) is 88.3 cm³/mol. The summed E-state index contributed by atoms with van der Waals surface area (Å²) in [6, 6.07) is 4.85. The second kappa shape index (κ2) is 7.49. The molecule has 0 atom stereocenters. The second-order valence-electron chi connectivity index (χ2n) is 5.78. The van der Waals surface area contributed by atoms with Crippen molar-refractivity contribution in [1.82, 2.24) is 20.2 Å². The van der Waals surface area contributed by atoms with Crippen LogP contribution >= 0.6 is 11.3 Å². The van der Waals surface area contributed by atoms with Gasteiger partial charge in [-0.15, -0.1) is 11.3 Å². The summed E-state index contributed by atoms with van der Waals surface area (Å²) in [4.78, 5) is 22.0. The number of aromatic nitrogens is 2. The van der Waals surface area contributed by atoms with Gasteiger partial charge in [0, 0.05) is 17.6 Å². The Labute approximate surface area is 146 Å². The predicted octanol–water partition coefficient (Wildman–Crippen LogP) is 2.96. The lowest BCUT2D eigenvalue weighted by atomic mass is 10.0. The van der Waals surface area contributed by atoms with Crippen LogP contribution in [0.2, 0.25) is 0 Å². The number of carbonyl (C=O) groups excluding carboxylic acids is 1. The van der Waals surface area contributed by atoms with Crippen molar-refractivity contribution in [2.45, 2.75) is 25.1 Å². The van der Waals surface area contributed by atoms with Gasteiger partial charge in [-0.25, -0.2) is 4.98 Å². The molecule has 2 aromatic heterocycles. The number of amides is 1. The fraction of sp³-hybridized carbons (Fsp3) is 0.438. The first kappa shape index (κ1) is 17.8. The van der Waals surface area contributed by atoms with E-state index in [4.69, 9.17) is 0 Å². The Morgan fingerprint density at radius 2 is 2.08 bits per heavy atom. The maximum Gasteiger partial charge on any atom is 0.406 e. The Morgan fingerprint density at radius 3 is 2.72 bits per heavy atom. The van der Waals surface area contributed by atoms with Crippen LogP contribution in [-0.4, -0.2) is 52.6 Å². The van der Waals surface area contributed by atoms with Gasteiger partial charge in [-0.3, -0.25) is 9.78 Å². The molecule has 0 bridgehead atoms. The van der Waals surface area contributed by atoms with Crippen molar-refractivity contribution in [2.24, 2.45) is 0 Å². The van der Waals surface area contributed by atoms with Gasteiger partial charge in [-0.1, -0.05) is 6.07 Å². The normalized spacial score (nSPS) is 16.0. The van der Waals surface area contributed by atoms with Crippen LogP contribution in [0, 0.1) is 0 Å². The third-order valence-electron chi connectivity index (χ3n) is 3.97. The number of alkyl halides is 3. The minimum absolute atomic E-state index is 0.0356. The Balaban J connectivity index is 1.83. The molecule has 0 spiro atoms. The maximum atomic E-state index is 13.0. The Hall–Kier alpha value is -2.00. The van der Waals surface area contributed by atoms with Gasteiger partial charge in [-0.2, -0.15) is 13.2 Å². The SMILES string of the molecule is O=C(c1csc(-c2ccccn2)n1)N(CC(F)(F)F)C1CCNCC1. The molecule has 1 N–H and O–H groups in total. The highest BCUT2D eigenvalue weighted by atomic mass is 32.1. The van der Waals surface area contributed by atoms with E-state index in [9.17, 15) is 18.0 Å². The summed E-state index contributed by atoms with van der Waals surface area (Å²) >= 11 is 1.20. The number of pyridine rings is 1. The third kappa shape index (κ3) is 4.55. The van der Waals surface area contributed by atoms with E-state index in [0.717, 1.165) is 4.90 Å². The van der Waals surface area contributed by atoms with Gasteiger partial charge in [-0.05, 0) is 38.1 Å². The molecule has 1 saturated heterocycles. The molecule has 2 aromatic rings. The minimum atomic E-state index is -4.44. The van der Waals surface area contributed by atoms with E-state index in [1.54, 1.807) is 24.4 Å². The maximum absolute atomic E-state index is 13.0. The van der Waals surface area contributed by atoms with Gasteiger partial charge in [0.25, 0.3) is 5.91 Å². The molecule has 9 heteroatoms. The van der Waals surface area contributed by atoms with Crippen molar-refractivity contribution in [3.05, 3.63) is 35.5 Å². The molecule has 1 aliphatic rings. The Morgan fingerprint density at radius 1 is 1.32 bits per heavy atom. The number of rotatable bonds is 4. The summed E-state index contributed by atoms with van der Waals surface area (Å²) in [7, 11) is 0. The van der Waals surface area contributed by atoms with E-state index in [1.807, 2.05) is 0 Å². The summed E-state index contributed by atoms with van der Waals surface area (Å²) in [6.07, 6.45) is -1.85. The molecule has 134 valence electrons. The van der Waals surface area contributed by atoms with Crippen molar-refractivity contribution in [3.63, 3.8) is 0 Å². The topological polar surface area (TPSA) is 58.1 Å². The van der Waals surface area contributed by atoms with Crippen molar-refractivity contribution >= 4 is 17.2 Å². The summed E-state index contributed by atoms with van der Waals surface area (Å²) in [5.41, 5.74) is 0.629. The molecule has 5 nitrogen and oxygen atoms in total. The number of halogens is 3. The highest BCUT2D eigenvalue weighted by Crippen LogP contribution is 2.26. The van der Waals surface area contributed by atoms with Gasteiger partial charge in [0.15, 0.2) is 0 Å².